The van der Waals surface area contributed by atoms with Crippen molar-refractivity contribution in [1.29, 1.82) is 0 Å². The van der Waals surface area contributed by atoms with Gasteiger partial charge in [0.15, 0.2) is 0 Å². The number of benzene rings is 4. The lowest BCUT2D eigenvalue weighted by Crippen LogP contribution is -2.20. The molecule has 0 spiro atoms. The molecule has 0 bridgehead atoms. The smallest absolute Gasteiger partial charge is 0.0524 e. The van der Waals surface area contributed by atoms with Crippen LogP contribution in [0.1, 0.15) is 384 Å². The number of para-hydroxylation sites is 2. The minimum Gasteiger partial charge on any atom is -0.361 e. The van der Waals surface area contributed by atoms with E-state index < -0.39 is 0 Å². The summed E-state index contributed by atoms with van der Waals surface area (Å²) in [5.74, 6) is 0. The quantitative estimate of drug-likeness (QED) is 0.104. The van der Waals surface area contributed by atoms with Gasteiger partial charge < -0.3 is 14.5 Å². The van der Waals surface area contributed by atoms with Crippen molar-refractivity contribution in [2.24, 2.45) is 0 Å². The molecule has 0 saturated heterocycles. The zero-order chi connectivity index (χ0) is 86.6. The van der Waals surface area contributed by atoms with Crippen LogP contribution in [0.15, 0.2) is 159 Å². The second kappa shape index (κ2) is 70.5. The number of nitrogens with one attached hydrogen (secondary N) is 5. The fourth-order valence-corrected chi connectivity index (χ4v) is 8.63. The lowest BCUT2D eigenvalue weighted by atomic mass is 9.85. The van der Waals surface area contributed by atoms with Gasteiger partial charge in [-0.2, -0.15) is 15.3 Å². The molecule has 0 aliphatic heterocycles. The predicted molar refractivity (Wildman–Crippen MR) is 500 cm³/mol. The first-order valence-corrected chi connectivity index (χ1v) is 42.1. The van der Waals surface area contributed by atoms with Gasteiger partial charge in [-0.3, -0.25) is 15.3 Å². The Labute approximate surface area is 667 Å². The summed E-state index contributed by atoms with van der Waals surface area (Å²) >= 11 is 0. The molecule has 0 radical (unpaired) electrons. The zero-order valence-corrected chi connectivity index (χ0v) is 80.1. The summed E-state index contributed by atoms with van der Waals surface area (Å²) in [7, 11) is 0. The van der Waals surface area contributed by atoms with E-state index in [1.165, 1.54) is 77.5 Å². The van der Waals surface area contributed by atoms with Crippen molar-refractivity contribution in [1.82, 2.24) is 45.1 Å². The maximum absolute atomic E-state index is 3.86. The number of hydrogen-bond acceptors (Lipinski definition) is 3. The van der Waals surface area contributed by atoms with Crippen LogP contribution in [0.5, 0.6) is 0 Å². The fraction of sp³-hybridized carbons (Fsp3) is 0.582. The van der Waals surface area contributed by atoms with Gasteiger partial charge in [-0.05, 0) is 147 Å². The first-order chi connectivity index (χ1) is 50.6. The fourth-order valence-electron chi connectivity index (χ4n) is 8.63. The van der Waals surface area contributed by atoms with Crippen LogP contribution < -0.4 is 0 Å². The first kappa shape index (κ1) is 121. The van der Waals surface area contributed by atoms with Gasteiger partial charge in [0.1, 0.15) is 0 Å². The lowest BCUT2D eigenvalue weighted by Gasteiger charge is -2.22. The van der Waals surface area contributed by atoms with Gasteiger partial charge in [-0.1, -0.05) is 391 Å². The highest BCUT2D eigenvalue weighted by molar-refractivity contribution is 5.83. The molecule has 1 aliphatic carbocycles. The Balaban J connectivity index is -0.000000122. The van der Waals surface area contributed by atoms with E-state index in [9.17, 15) is 0 Å². The summed E-state index contributed by atoms with van der Waals surface area (Å²) in [6.45, 7) is 102. The van der Waals surface area contributed by atoms with E-state index in [0.29, 0.717) is 0 Å². The van der Waals surface area contributed by atoms with E-state index in [1.54, 1.807) is 12.4 Å². The predicted octanol–water partition coefficient (Wildman–Crippen LogP) is 33.4. The Bertz CT molecular complexity index is 3270. The van der Waals surface area contributed by atoms with Crippen molar-refractivity contribution in [3.8, 4) is 0 Å². The van der Waals surface area contributed by atoms with Gasteiger partial charge in [0.2, 0.25) is 0 Å². The molecule has 618 valence electrons. The van der Waals surface area contributed by atoms with Gasteiger partial charge >= 0.3 is 0 Å². The molecule has 4 aromatic carbocycles. The standard InChI is InChI=1S/C13H16.3C12H15N.3C7H12N2.14C2H6/c1-13(2,3)12-8-7-10-5-4-6-11(10)9-12;1-12(2,3)10-4-5-11-9(8-10)6-7-13-11;1-12(2,3)10-6-4-5-9-7-8-13-11(9)10;1-12(2,3)13-9-8-10-6-4-5-7-11(10)13;1-7(2,3)6-4-8-9-5-6;2*1-7(2,3)6-4-5-8-9-6;14*1-2/h4-5,7-9H,6H2,1-3H3;2*4-8,13H,1-3H3;4-9H,1-3H3;3*4-5H,1-3H3,(H,8,9);14*1-2H3. The Morgan fingerprint density at radius 3 is 1.13 bits per heavy atom. The minimum atomic E-state index is 0.170. The summed E-state index contributed by atoms with van der Waals surface area (Å²) in [5, 5.41) is 24.1. The molecule has 107 heavy (non-hydrogen) atoms. The van der Waals surface area contributed by atoms with Crippen molar-refractivity contribution in [2.75, 3.05) is 0 Å². The van der Waals surface area contributed by atoms with E-state index in [-0.39, 0.29) is 38.0 Å². The highest BCUT2D eigenvalue weighted by Gasteiger charge is 2.20. The maximum Gasteiger partial charge on any atom is 0.0524 e. The summed E-state index contributed by atoms with van der Waals surface area (Å²) < 4.78 is 2.31. The Morgan fingerprint density at radius 1 is 0.346 bits per heavy atom. The summed E-state index contributed by atoms with van der Waals surface area (Å²) in [6.07, 6.45) is 19.0. The van der Waals surface area contributed by atoms with Crippen LogP contribution >= 0.6 is 0 Å². The van der Waals surface area contributed by atoms with Crippen LogP contribution in [0.4, 0.5) is 0 Å². The molecule has 6 aromatic heterocycles. The van der Waals surface area contributed by atoms with Crippen molar-refractivity contribution in [3.05, 3.63) is 203 Å². The Kier molecular flexibility index (Phi) is 79.7. The summed E-state index contributed by atoms with van der Waals surface area (Å²) in [5.41, 5.74) is 16.0. The molecular weight excluding hydrogens is 1300 g/mol. The number of allylic oxidation sites excluding steroid dienone is 1. The highest BCUT2D eigenvalue weighted by Crippen LogP contribution is 2.31. The normalized spacial score (nSPS) is 10.0. The van der Waals surface area contributed by atoms with E-state index in [4.69, 9.17) is 0 Å². The molecular formula is C98H181N9. The van der Waals surface area contributed by atoms with Crippen molar-refractivity contribution in [3.63, 3.8) is 0 Å². The molecule has 0 atom stereocenters. The molecule has 0 amide bonds. The van der Waals surface area contributed by atoms with Crippen LogP contribution in [-0.2, 0) is 44.4 Å². The number of rotatable bonds is 0. The highest BCUT2D eigenvalue weighted by atomic mass is 15.1. The van der Waals surface area contributed by atoms with E-state index in [2.05, 4.69) is 306 Å². The molecule has 0 unspecified atom stereocenters. The Hall–Kier alpha value is -7.13. The largest absolute Gasteiger partial charge is 0.361 e. The molecule has 0 fully saturated rings. The third-order valence-electron chi connectivity index (χ3n) is 13.8. The third kappa shape index (κ3) is 51.8. The molecule has 11 rings (SSSR count). The zero-order valence-electron chi connectivity index (χ0n) is 80.1. The molecule has 1 aliphatic rings. The van der Waals surface area contributed by atoms with E-state index in [1.807, 2.05) is 231 Å². The number of nitrogens with zero attached hydrogens (tertiary/aromatic N) is 4. The summed E-state index contributed by atoms with van der Waals surface area (Å²) in [4.78, 5) is 6.49. The van der Waals surface area contributed by atoms with Gasteiger partial charge in [0.05, 0.1) is 6.20 Å². The molecule has 6 heterocycles. The monoisotopic (exact) mass is 1480 g/mol. The Morgan fingerprint density at radius 2 is 0.757 bits per heavy atom. The second-order valence-electron chi connectivity index (χ2n) is 27.9. The third-order valence-corrected chi connectivity index (χ3v) is 13.8. The van der Waals surface area contributed by atoms with Crippen LogP contribution in [0.2, 0.25) is 0 Å². The van der Waals surface area contributed by atoms with Crippen LogP contribution in [-0.4, -0.2) is 45.1 Å². The number of H-pyrrole nitrogens is 5. The topological polar surface area (TPSA) is 123 Å². The van der Waals surface area contributed by atoms with Crippen LogP contribution in [0.3, 0.4) is 0 Å². The van der Waals surface area contributed by atoms with Crippen molar-refractivity contribution < 1.29 is 0 Å². The van der Waals surface area contributed by atoms with Crippen molar-refractivity contribution in [2.45, 2.75) is 384 Å². The second-order valence-corrected chi connectivity index (χ2v) is 27.9. The molecule has 9 nitrogen and oxygen atoms in total. The SMILES string of the molecule is CC.CC.CC.CC.CC.CC.CC.CC.CC.CC.CC.CC.CC.CC.CC(C)(C)c1ccc2[nH]ccc2c1.CC(C)(C)c1ccc2c(c1)CC=C2.CC(C)(C)c1cccc2cc[nH]c12.CC(C)(C)c1ccn[nH]1.CC(C)(C)c1ccn[nH]1.CC(C)(C)c1cn[nH]c1.CC(C)(C)n1ccc2ccccc21. The number of aromatic amines is 5. The molecule has 9 heteroatoms. The number of aromatic nitrogens is 9. The molecule has 5 N–H and O–H groups in total. The van der Waals surface area contributed by atoms with Gasteiger partial charge in [-0.25, -0.2) is 0 Å². The molecule has 10 aromatic rings. The van der Waals surface area contributed by atoms with Gasteiger partial charge in [0, 0.05) is 81.5 Å². The average molecular weight is 1490 g/mol. The number of hydrogen-bond donors (Lipinski definition) is 5. The minimum absolute atomic E-state index is 0.170. The summed E-state index contributed by atoms with van der Waals surface area (Å²) in [6, 6.07) is 38.8. The van der Waals surface area contributed by atoms with E-state index >= 15 is 0 Å². The lowest BCUT2D eigenvalue weighted by molar-refractivity contribution is 0.411. The van der Waals surface area contributed by atoms with Crippen LogP contribution in [0, 0.1) is 0 Å². The van der Waals surface area contributed by atoms with Gasteiger partial charge in [-0.15, -0.1) is 0 Å². The molecule has 0 saturated carbocycles. The van der Waals surface area contributed by atoms with E-state index in [0.717, 1.165) is 6.42 Å². The van der Waals surface area contributed by atoms with Gasteiger partial charge in [0.25, 0.3) is 0 Å². The van der Waals surface area contributed by atoms with Crippen molar-refractivity contribution >= 4 is 38.8 Å². The maximum atomic E-state index is 3.86. The number of fused-ring (bicyclic) bond motifs is 4. The average Bonchev–Trinajstić information content (AvgIpc) is 1.70. The van der Waals surface area contributed by atoms with Crippen LogP contribution in [0.25, 0.3) is 38.8 Å². The first-order valence-electron chi connectivity index (χ1n) is 42.1.